The Bertz CT molecular complexity index is 220. The topological polar surface area (TPSA) is 139 Å². The van der Waals surface area contributed by atoms with Gasteiger partial charge in [-0.2, -0.15) is 0 Å². The molecule has 0 saturated carbocycles. The van der Waals surface area contributed by atoms with E-state index >= 15 is 0 Å². The summed E-state index contributed by atoms with van der Waals surface area (Å²) in [6, 6.07) is 0. The average molecular weight is 267 g/mol. The number of carboxylic acid groups (broad SMARTS) is 2. The van der Waals surface area contributed by atoms with Gasteiger partial charge in [-0.3, -0.25) is 9.59 Å². The van der Waals surface area contributed by atoms with Gasteiger partial charge in [0.1, 0.15) is 18.7 Å². The zero-order valence-electron chi connectivity index (χ0n) is 10.6. The highest BCUT2D eigenvalue weighted by molar-refractivity contribution is 5.75. The predicted octanol–water partition coefficient (Wildman–Crippen LogP) is -0.761. The van der Waals surface area contributed by atoms with Gasteiger partial charge in [-0.25, -0.2) is 4.90 Å². The van der Waals surface area contributed by atoms with Crippen LogP contribution in [0.15, 0.2) is 0 Å². The lowest BCUT2D eigenvalue weighted by Crippen LogP contribution is -2.45. The summed E-state index contributed by atoms with van der Waals surface area (Å²) in [6.45, 7) is 4.46. The molecule has 0 aromatic rings. The Labute approximate surface area is 105 Å². The van der Waals surface area contributed by atoms with E-state index in [0.29, 0.717) is 0 Å². The molecule has 0 radical (unpaired) electrons. The molecule has 0 aromatic heterocycles. The van der Waals surface area contributed by atoms with Crippen LogP contribution in [-0.4, -0.2) is 61.1 Å². The van der Waals surface area contributed by atoms with Gasteiger partial charge in [0.2, 0.25) is 0 Å². The highest BCUT2D eigenvalue weighted by atomic mass is 16.4. The molecule has 0 aliphatic carbocycles. The Morgan fingerprint density at radius 2 is 1.06 bits per heavy atom. The summed E-state index contributed by atoms with van der Waals surface area (Å²) in [5, 5.41) is 42.7. The highest BCUT2D eigenvalue weighted by Crippen LogP contribution is 2.04. The molecule has 18 heavy (non-hydrogen) atoms. The average Bonchev–Trinajstić information content (AvgIpc) is 2.13. The standard InChI is InChI=1S/C6H15NO3.C4H6O4/c1-4(8)7(5(2)9)6(3)10;5-3(6)1-2-4(7)8/h4-6,8-10H,1-3H3;1-2H2,(H,5,6)(H,7,8). The van der Waals surface area contributed by atoms with E-state index in [9.17, 15) is 9.59 Å². The van der Waals surface area contributed by atoms with E-state index < -0.39 is 30.6 Å². The maximum absolute atomic E-state index is 9.64. The number of nitrogens with zero attached hydrogens (tertiary/aromatic N) is 1. The number of carboxylic acids is 2. The summed E-state index contributed by atoms with van der Waals surface area (Å²) in [7, 11) is 0. The quantitative estimate of drug-likeness (QED) is 0.396. The molecule has 0 rings (SSSR count). The molecular weight excluding hydrogens is 246 g/mol. The third-order valence-electron chi connectivity index (χ3n) is 1.85. The second-order valence-electron chi connectivity index (χ2n) is 3.63. The van der Waals surface area contributed by atoms with Crippen molar-refractivity contribution in [1.82, 2.24) is 4.90 Å². The molecule has 0 aliphatic rings. The maximum atomic E-state index is 9.64. The van der Waals surface area contributed by atoms with Gasteiger partial charge in [-0.05, 0) is 20.8 Å². The molecule has 0 aliphatic heterocycles. The van der Waals surface area contributed by atoms with Crippen LogP contribution in [-0.2, 0) is 9.59 Å². The number of rotatable bonds is 6. The van der Waals surface area contributed by atoms with Crippen LogP contribution < -0.4 is 0 Å². The first-order valence-electron chi connectivity index (χ1n) is 5.34. The minimum Gasteiger partial charge on any atom is -0.481 e. The Kier molecular flexibility index (Phi) is 10.4. The Balaban J connectivity index is 0. The second kappa shape index (κ2) is 9.77. The summed E-state index contributed by atoms with van der Waals surface area (Å²) >= 11 is 0. The van der Waals surface area contributed by atoms with E-state index in [4.69, 9.17) is 25.5 Å². The zero-order valence-corrected chi connectivity index (χ0v) is 10.6. The van der Waals surface area contributed by atoms with Gasteiger partial charge < -0.3 is 25.5 Å². The lowest BCUT2D eigenvalue weighted by atomic mass is 10.3. The van der Waals surface area contributed by atoms with Crippen molar-refractivity contribution in [2.45, 2.75) is 52.3 Å². The molecule has 8 nitrogen and oxygen atoms in total. The fraction of sp³-hybridized carbons (Fsp3) is 0.800. The van der Waals surface area contributed by atoms with Gasteiger partial charge in [0, 0.05) is 0 Å². The first-order chi connectivity index (χ1) is 8.09. The van der Waals surface area contributed by atoms with E-state index in [0.717, 1.165) is 0 Å². The van der Waals surface area contributed by atoms with Crippen LogP contribution in [0.1, 0.15) is 33.6 Å². The molecule has 0 saturated heterocycles. The molecule has 0 fully saturated rings. The predicted molar refractivity (Wildman–Crippen MR) is 61.4 cm³/mol. The van der Waals surface area contributed by atoms with Crippen LogP contribution >= 0.6 is 0 Å². The minimum absolute atomic E-state index is 0.296. The summed E-state index contributed by atoms with van der Waals surface area (Å²) in [5.41, 5.74) is 0. The molecule has 0 aromatic carbocycles. The van der Waals surface area contributed by atoms with Crippen LogP contribution in [0, 0.1) is 0 Å². The SMILES string of the molecule is CC(O)N(C(C)O)C(C)O.O=C(O)CCC(=O)O. The smallest absolute Gasteiger partial charge is 0.303 e. The summed E-state index contributed by atoms with van der Waals surface area (Å²) < 4.78 is 0. The highest BCUT2D eigenvalue weighted by Gasteiger charge is 2.20. The van der Waals surface area contributed by atoms with Crippen LogP contribution in [0.4, 0.5) is 0 Å². The van der Waals surface area contributed by atoms with Gasteiger partial charge in [-0.1, -0.05) is 0 Å². The van der Waals surface area contributed by atoms with Crippen molar-refractivity contribution >= 4 is 11.9 Å². The Morgan fingerprint density at radius 1 is 0.833 bits per heavy atom. The van der Waals surface area contributed by atoms with Crippen molar-refractivity contribution in [2.24, 2.45) is 0 Å². The number of aliphatic hydroxyl groups is 3. The number of carbonyl (C=O) groups is 2. The molecule has 5 N–H and O–H groups in total. The monoisotopic (exact) mass is 267 g/mol. The number of hydrogen-bond donors (Lipinski definition) is 5. The van der Waals surface area contributed by atoms with Crippen molar-refractivity contribution < 1.29 is 35.1 Å². The second-order valence-corrected chi connectivity index (χ2v) is 3.63. The molecule has 3 atom stereocenters. The van der Waals surface area contributed by atoms with Crippen molar-refractivity contribution in [2.75, 3.05) is 0 Å². The first kappa shape index (κ1) is 19.1. The number of aliphatic hydroxyl groups excluding tert-OH is 3. The lowest BCUT2D eigenvalue weighted by Gasteiger charge is -2.30. The van der Waals surface area contributed by atoms with Crippen LogP contribution in [0.5, 0.6) is 0 Å². The molecule has 8 heteroatoms. The van der Waals surface area contributed by atoms with Crippen molar-refractivity contribution in [3.8, 4) is 0 Å². The molecule has 0 heterocycles. The van der Waals surface area contributed by atoms with Gasteiger partial charge >= 0.3 is 11.9 Å². The van der Waals surface area contributed by atoms with Crippen LogP contribution in [0.25, 0.3) is 0 Å². The molecule has 3 unspecified atom stereocenters. The van der Waals surface area contributed by atoms with Gasteiger partial charge in [0.15, 0.2) is 0 Å². The van der Waals surface area contributed by atoms with Gasteiger partial charge in [0.05, 0.1) is 12.8 Å². The Hall–Kier alpha value is -1.22. The largest absolute Gasteiger partial charge is 0.481 e. The van der Waals surface area contributed by atoms with E-state index in [2.05, 4.69) is 0 Å². The van der Waals surface area contributed by atoms with E-state index in [1.165, 1.54) is 25.7 Å². The zero-order chi connectivity index (χ0) is 14.9. The van der Waals surface area contributed by atoms with Crippen molar-refractivity contribution in [3.05, 3.63) is 0 Å². The Morgan fingerprint density at radius 3 is 1.11 bits per heavy atom. The normalized spacial score (nSPS) is 15.3. The van der Waals surface area contributed by atoms with Gasteiger partial charge in [0.25, 0.3) is 0 Å². The van der Waals surface area contributed by atoms with Crippen LogP contribution in [0.2, 0.25) is 0 Å². The first-order valence-corrected chi connectivity index (χ1v) is 5.34. The molecule has 0 amide bonds. The van der Waals surface area contributed by atoms with Crippen molar-refractivity contribution in [1.29, 1.82) is 0 Å². The third kappa shape index (κ3) is 11.3. The summed E-state index contributed by atoms with van der Waals surface area (Å²) in [4.78, 5) is 20.4. The summed E-state index contributed by atoms with van der Waals surface area (Å²) in [6.07, 6.45) is -3.09. The molecular formula is C10H21NO7. The van der Waals surface area contributed by atoms with Crippen LogP contribution in [0.3, 0.4) is 0 Å². The fourth-order valence-electron chi connectivity index (χ4n) is 1.15. The number of aliphatic carboxylic acids is 2. The summed E-state index contributed by atoms with van der Waals surface area (Å²) in [5.74, 6) is -2.15. The third-order valence-corrected chi connectivity index (χ3v) is 1.85. The molecule has 108 valence electrons. The maximum Gasteiger partial charge on any atom is 0.303 e. The van der Waals surface area contributed by atoms with Gasteiger partial charge in [-0.15, -0.1) is 0 Å². The molecule has 0 bridgehead atoms. The molecule has 0 spiro atoms. The fourth-order valence-corrected chi connectivity index (χ4v) is 1.15. The number of hydrogen-bond acceptors (Lipinski definition) is 6. The van der Waals surface area contributed by atoms with Crippen molar-refractivity contribution in [3.63, 3.8) is 0 Å². The van der Waals surface area contributed by atoms with E-state index in [1.807, 2.05) is 0 Å². The van der Waals surface area contributed by atoms with E-state index in [-0.39, 0.29) is 12.8 Å². The minimum atomic E-state index is -1.08. The lowest BCUT2D eigenvalue weighted by molar-refractivity contribution is -0.159. The van der Waals surface area contributed by atoms with E-state index in [1.54, 1.807) is 0 Å².